The molecule has 0 aliphatic carbocycles. The molecule has 5 rings (SSSR count). The highest BCUT2D eigenvalue weighted by Gasteiger charge is 2.67. The maximum absolute atomic E-state index is 13.4. The monoisotopic (exact) mass is 418 g/mol. The van der Waals surface area contributed by atoms with E-state index in [0.29, 0.717) is 19.6 Å². The van der Waals surface area contributed by atoms with Gasteiger partial charge in [-0.1, -0.05) is 31.2 Å². The van der Waals surface area contributed by atoms with Crippen LogP contribution >= 0.6 is 0 Å². The zero-order chi connectivity index (χ0) is 21.6. The quantitative estimate of drug-likeness (QED) is 0.671. The minimum atomic E-state index is -0.702. The summed E-state index contributed by atoms with van der Waals surface area (Å²) in [6, 6.07) is 7.81. The van der Waals surface area contributed by atoms with Crippen molar-refractivity contribution in [2.75, 3.05) is 13.6 Å². The van der Waals surface area contributed by atoms with Crippen LogP contribution in [0.15, 0.2) is 55.0 Å². The second kappa shape index (κ2) is 7.57. The summed E-state index contributed by atoms with van der Waals surface area (Å²) in [6.07, 6.45) is 9.84. The highest BCUT2D eigenvalue weighted by molar-refractivity contribution is 5.93. The molecular formula is C24H26N4O3. The largest absolute Gasteiger partial charge is 0.360 e. The van der Waals surface area contributed by atoms with Crippen LogP contribution in [0.5, 0.6) is 0 Å². The van der Waals surface area contributed by atoms with Gasteiger partial charge >= 0.3 is 0 Å². The van der Waals surface area contributed by atoms with Gasteiger partial charge in [-0.2, -0.15) is 0 Å². The summed E-state index contributed by atoms with van der Waals surface area (Å²) in [4.78, 5) is 38.8. The highest BCUT2D eigenvalue weighted by atomic mass is 16.5. The Bertz CT molecular complexity index is 1020. The van der Waals surface area contributed by atoms with E-state index in [1.165, 1.54) is 0 Å². The number of amides is 2. The summed E-state index contributed by atoms with van der Waals surface area (Å²) in [5, 5.41) is 0. The average Bonchev–Trinajstić information content (AvgIpc) is 3.43. The predicted octanol–water partition coefficient (Wildman–Crippen LogP) is 1.98. The van der Waals surface area contributed by atoms with Crippen molar-refractivity contribution in [3.8, 4) is 0 Å². The maximum atomic E-state index is 13.4. The molecular weight excluding hydrogens is 392 g/mol. The van der Waals surface area contributed by atoms with Gasteiger partial charge in [-0.25, -0.2) is 0 Å². The second-order valence-corrected chi connectivity index (χ2v) is 8.66. The van der Waals surface area contributed by atoms with Gasteiger partial charge in [0.1, 0.15) is 5.60 Å². The van der Waals surface area contributed by atoms with Crippen LogP contribution in [0, 0.1) is 11.8 Å². The van der Waals surface area contributed by atoms with Gasteiger partial charge in [0.05, 0.1) is 36.7 Å². The van der Waals surface area contributed by atoms with Crippen LogP contribution in [0.25, 0.3) is 0 Å². The third-order valence-electron chi connectivity index (χ3n) is 6.63. The van der Waals surface area contributed by atoms with Gasteiger partial charge in [0, 0.05) is 32.2 Å². The SMILES string of the molecule is CCc1ccc(CN(C)C(=O)[C@H]2[C@@H]3C=C[C@@]4(CN(Cc5cccnc5)C(=O)[C@H]24)O3)nc1. The summed E-state index contributed by atoms with van der Waals surface area (Å²) in [6.45, 7) is 3.42. The first kappa shape index (κ1) is 19.9. The number of pyridine rings is 2. The average molecular weight is 418 g/mol. The van der Waals surface area contributed by atoms with Crippen LogP contribution in [-0.2, 0) is 33.8 Å². The van der Waals surface area contributed by atoms with Crippen LogP contribution < -0.4 is 0 Å². The Hall–Kier alpha value is -3.06. The molecule has 3 aliphatic rings. The molecule has 7 heteroatoms. The van der Waals surface area contributed by atoms with E-state index < -0.39 is 17.4 Å². The van der Waals surface area contributed by atoms with E-state index >= 15 is 0 Å². The summed E-state index contributed by atoms with van der Waals surface area (Å²) >= 11 is 0. The van der Waals surface area contributed by atoms with E-state index in [9.17, 15) is 9.59 Å². The molecule has 0 unspecified atom stereocenters. The summed E-state index contributed by atoms with van der Waals surface area (Å²) < 4.78 is 6.23. The molecule has 5 heterocycles. The molecule has 2 fully saturated rings. The van der Waals surface area contributed by atoms with Crippen LogP contribution in [0.3, 0.4) is 0 Å². The van der Waals surface area contributed by atoms with Gasteiger partial charge in [0.25, 0.3) is 0 Å². The summed E-state index contributed by atoms with van der Waals surface area (Å²) in [5.74, 6) is -1.08. The van der Waals surface area contributed by atoms with Crippen molar-refractivity contribution in [1.82, 2.24) is 19.8 Å². The van der Waals surface area contributed by atoms with Crippen molar-refractivity contribution in [3.05, 3.63) is 71.8 Å². The number of likely N-dealkylation sites (tertiary alicyclic amines) is 1. The lowest BCUT2D eigenvalue weighted by molar-refractivity contribution is -0.142. The molecule has 0 N–H and O–H groups in total. The highest BCUT2D eigenvalue weighted by Crippen LogP contribution is 2.52. The molecule has 2 amide bonds. The Balaban J connectivity index is 1.33. The minimum absolute atomic E-state index is 0.0205. The smallest absolute Gasteiger partial charge is 0.230 e. The normalized spacial score (nSPS) is 28.3. The van der Waals surface area contributed by atoms with Crippen molar-refractivity contribution in [3.63, 3.8) is 0 Å². The van der Waals surface area contributed by atoms with Crippen molar-refractivity contribution >= 4 is 11.8 Å². The van der Waals surface area contributed by atoms with E-state index in [4.69, 9.17) is 4.74 Å². The Kier molecular flexibility index (Phi) is 4.85. The van der Waals surface area contributed by atoms with E-state index in [1.54, 1.807) is 29.2 Å². The number of aromatic nitrogens is 2. The molecule has 4 atom stereocenters. The fourth-order valence-electron chi connectivity index (χ4n) is 5.04. The van der Waals surface area contributed by atoms with Crippen molar-refractivity contribution in [2.45, 2.75) is 38.1 Å². The molecule has 2 aromatic heterocycles. The second-order valence-electron chi connectivity index (χ2n) is 8.66. The Morgan fingerprint density at radius 1 is 1.29 bits per heavy atom. The molecule has 0 radical (unpaired) electrons. The number of fused-ring (bicyclic) bond motifs is 1. The lowest BCUT2D eigenvalue weighted by Crippen LogP contribution is -2.44. The molecule has 31 heavy (non-hydrogen) atoms. The van der Waals surface area contributed by atoms with Crippen molar-refractivity contribution in [2.24, 2.45) is 11.8 Å². The first-order chi connectivity index (χ1) is 15.0. The molecule has 2 bridgehead atoms. The Labute approximate surface area is 181 Å². The third kappa shape index (κ3) is 3.33. The molecule has 0 saturated carbocycles. The molecule has 2 saturated heterocycles. The number of hydrogen-bond donors (Lipinski definition) is 0. The number of nitrogens with zero attached hydrogens (tertiary/aromatic N) is 4. The van der Waals surface area contributed by atoms with Crippen LogP contribution in [-0.4, -0.2) is 56.9 Å². The van der Waals surface area contributed by atoms with E-state index in [0.717, 1.165) is 23.2 Å². The van der Waals surface area contributed by atoms with E-state index in [-0.39, 0.29) is 17.9 Å². The van der Waals surface area contributed by atoms with Crippen LogP contribution in [0.2, 0.25) is 0 Å². The third-order valence-corrected chi connectivity index (χ3v) is 6.63. The standard InChI is InChI=1S/C24H26N4O3/c1-3-16-6-7-18(26-12-16)14-27(2)22(29)20-19-8-9-24(31-19)15-28(23(30)21(20)24)13-17-5-4-10-25-11-17/h4-12,19-21H,3,13-15H2,1-2H3/t19-,20-,21-,24-/m0/s1. The Morgan fingerprint density at radius 3 is 2.87 bits per heavy atom. The molecule has 7 nitrogen and oxygen atoms in total. The molecule has 160 valence electrons. The number of aryl methyl sites for hydroxylation is 1. The number of rotatable bonds is 6. The summed E-state index contributed by atoms with van der Waals surface area (Å²) in [7, 11) is 1.77. The van der Waals surface area contributed by atoms with Crippen LogP contribution in [0.4, 0.5) is 0 Å². The maximum Gasteiger partial charge on any atom is 0.230 e. The van der Waals surface area contributed by atoms with E-state index in [2.05, 4.69) is 16.9 Å². The predicted molar refractivity (Wildman–Crippen MR) is 113 cm³/mol. The topological polar surface area (TPSA) is 75.6 Å². The lowest BCUT2D eigenvalue weighted by atomic mass is 9.76. The van der Waals surface area contributed by atoms with Crippen LogP contribution in [0.1, 0.15) is 23.7 Å². The number of hydrogen-bond acceptors (Lipinski definition) is 5. The zero-order valence-corrected chi connectivity index (χ0v) is 17.8. The molecule has 2 aromatic rings. The molecule has 3 aliphatic heterocycles. The van der Waals surface area contributed by atoms with Crippen molar-refractivity contribution in [1.29, 1.82) is 0 Å². The van der Waals surface area contributed by atoms with Gasteiger partial charge in [0.2, 0.25) is 11.8 Å². The molecule has 0 aromatic carbocycles. The zero-order valence-electron chi connectivity index (χ0n) is 17.8. The number of ether oxygens (including phenoxy) is 1. The number of carbonyl (C=O) groups is 2. The molecule has 1 spiro atoms. The minimum Gasteiger partial charge on any atom is -0.360 e. The van der Waals surface area contributed by atoms with Gasteiger partial charge in [0.15, 0.2) is 0 Å². The van der Waals surface area contributed by atoms with E-state index in [1.807, 2.05) is 42.6 Å². The summed E-state index contributed by atoms with van der Waals surface area (Å²) in [5.41, 5.74) is 2.26. The van der Waals surface area contributed by atoms with Crippen molar-refractivity contribution < 1.29 is 14.3 Å². The number of carbonyl (C=O) groups excluding carboxylic acids is 2. The van der Waals surface area contributed by atoms with Gasteiger partial charge in [-0.15, -0.1) is 0 Å². The van der Waals surface area contributed by atoms with Gasteiger partial charge in [-0.3, -0.25) is 19.6 Å². The lowest BCUT2D eigenvalue weighted by Gasteiger charge is -2.27. The first-order valence-electron chi connectivity index (χ1n) is 10.7. The first-order valence-corrected chi connectivity index (χ1v) is 10.7. The van der Waals surface area contributed by atoms with Gasteiger partial charge in [-0.05, 0) is 29.7 Å². The van der Waals surface area contributed by atoms with Gasteiger partial charge < -0.3 is 14.5 Å². The fourth-order valence-corrected chi connectivity index (χ4v) is 5.04. The Morgan fingerprint density at radius 2 is 2.16 bits per heavy atom. The fraction of sp³-hybridized carbons (Fsp3) is 0.417.